The molecule has 0 aliphatic heterocycles. The van der Waals surface area contributed by atoms with Crippen LogP contribution in [0.4, 0.5) is 0 Å². The van der Waals surface area contributed by atoms with E-state index in [1.807, 2.05) is 0 Å². The maximum atomic E-state index is 12.8. The molecule has 0 aromatic rings. The smallest absolute Gasteiger partial charge is 0.312 e. The van der Waals surface area contributed by atoms with Crippen LogP contribution in [-0.2, 0) is 9.59 Å². The van der Waals surface area contributed by atoms with Gasteiger partial charge in [0.2, 0.25) is 0 Å². The first-order valence-corrected chi connectivity index (χ1v) is 13.8. The Kier molecular flexibility index (Phi) is 5.55. The third kappa shape index (κ3) is 2.81. The van der Waals surface area contributed by atoms with Crippen molar-refractivity contribution in [2.45, 2.75) is 98.7 Å². The Balaban J connectivity index is 1.64. The lowest BCUT2D eigenvalue weighted by Gasteiger charge is -2.71. The molecule has 0 saturated heterocycles. The Morgan fingerprint density at radius 3 is 2.22 bits per heavy atom. The Morgan fingerprint density at radius 1 is 0.944 bits per heavy atom. The van der Waals surface area contributed by atoms with Gasteiger partial charge in [-0.25, -0.2) is 0 Å². The zero-order valence-electron chi connectivity index (χ0n) is 22.7. The van der Waals surface area contributed by atoms with Crippen LogP contribution in [0.3, 0.4) is 0 Å². The molecule has 3 saturated carbocycles. The molecular formula is C30H44O6. The molecule has 36 heavy (non-hydrogen) atoms. The van der Waals surface area contributed by atoms with Crippen molar-refractivity contribution in [3.05, 3.63) is 23.3 Å². The van der Waals surface area contributed by atoms with Gasteiger partial charge in [0.15, 0.2) is 0 Å². The highest BCUT2D eigenvalue weighted by Gasteiger charge is 2.71. The van der Waals surface area contributed by atoms with E-state index in [1.54, 1.807) is 6.92 Å². The molecule has 0 aromatic heterocycles. The summed E-state index contributed by atoms with van der Waals surface area (Å²) >= 11 is 0. The first kappa shape index (κ1) is 26.0. The molecule has 5 rings (SSSR count). The molecule has 3 fully saturated rings. The second kappa shape index (κ2) is 7.69. The molecule has 5 aliphatic rings. The molecule has 0 spiro atoms. The number of allylic oxidation sites excluding steroid dienone is 4. The number of aliphatic carboxylic acids is 2. The lowest BCUT2D eigenvalue weighted by molar-refractivity contribution is -0.239. The number of carbonyl (C=O) groups is 2. The molecule has 11 atom stereocenters. The second-order valence-corrected chi connectivity index (χ2v) is 14.0. The maximum Gasteiger partial charge on any atom is 0.312 e. The first-order valence-electron chi connectivity index (χ1n) is 13.8. The Labute approximate surface area is 214 Å². The van der Waals surface area contributed by atoms with Gasteiger partial charge in [-0.15, -0.1) is 0 Å². The van der Waals surface area contributed by atoms with Gasteiger partial charge in [-0.05, 0) is 92.8 Å². The minimum Gasteiger partial charge on any atom is -0.481 e. The zero-order valence-corrected chi connectivity index (χ0v) is 22.7. The van der Waals surface area contributed by atoms with E-state index in [-0.39, 0.29) is 34.5 Å². The van der Waals surface area contributed by atoms with Crippen molar-refractivity contribution < 1.29 is 30.0 Å². The maximum absolute atomic E-state index is 12.8. The van der Waals surface area contributed by atoms with E-state index in [4.69, 9.17) is 0 Å². The lowest BCUT2D eigenvalue weighted by atomic mass is 9.33. The SMILES string of the molecule is CC1=CC[C@]2(C(=O)O)CC[C@]3(C)C(=CC[C@@H]4[C@@]5(C)C[C@@H](O)[C@H](O)[C@](C)(C(=O)O)[C@@H]5CC[C@]43C)[C@H]2[C@H]1C. The van der Waals surface area contributed by atoms with Crippen LogP contribution in [0.1, 0.15) is 86.5 Å². The minimum atomic E-state index is -1.40. The van der Waals surface area contributed by atoms with Crippen LogP contribution in [0.2, 0.25) is 0 Å². The average molecular weight is 501 g/mol. The molecule has 0 unspecified atom stereocenters. The van der Waals surface area contributed by atoms with Crippen LogP contribution in [-0.4, -0.2) is 44.6 Å². The van der Waals surface area contributed by atoms with Crippen molar-refractivity contribution in [2.75, 3.05) is 0 Å². The number of aliphatic hydroxyl groups excluding tert-OH is 2. The highest BCUT2D eigenvalue weighted by molar-refractivity contribution is 5.77. The van der Waals surface area contributed by atoms with Crippen molar-refractivity contribution in [2.24, 2.45) is 50.7 Å². The molecule has 6 nitrogen and oxygen atoms in total. The standard InChI is InChI=1S/C30H44O6/c1-16-9-12-30(25(35)36)14-13-27(4)18(22(30)17(16)2)7-8-20-26(3)15-19(31)23(32)29(6,24(33)34)21(26)10-11-28(20,27)5/h7,9,17,19-23,31-32H,8,10-15H2,1-6H3,(H,33,34)(H,35,36)/t17-,19+,20+,21+,22+,23-,26+,27+,28+,29+,30-/m0/s1. The molecule has 200 valence electrons. The van der Waals surface area contributed by atoms with Crippen LogP contribution in [0.5, 0.6) is 0 Å². The van der Waals surface area contributed by atoms with Crippen LogP contribution < -0.4 is 0 Å². The van der Waals surface area contributed by atoms with E-state index in [2.05, 4.69) is 46.8 Å². The van der Waals surface area contributed by atoms with Gasteiger partial charge in [0, 0.05) is 5.92 Å². The monoisotopic (exact) mass is 500 g/mol. The molecule has 0 amide bonds. The summed E-state index contributed by atoms with van der Waals surface area (Å²) < 4.78 is 0. The van der Waals surface area contributed by atoms with Crippen molar-refractivity contribution in [3.8, 4) is 0 Å². The van der Waals surface area contributed by atoms with Crippen molar-refractivity contribution in [1.29, 1.82) is 0 Å². The third-order valence-electron chi connectivity index (χ3n) is 13.0. The van der Waals surface area contributed by atoms with E-state index in [9.17, 15) is 30.0 Å². The van der Waals surface area contributed by atoms with Gasteiger partial charge >= 0.3 is 11.9 Å². The van der Waals surface area contributed by atoms with Crippen molar-refractivity contribution in [1.82, 2.24) is 0 Å². The first-order chi connectivity index (χ1) is 16.6. The number of rotatable bonds is 2. The predicted octanol–water partition coefficient (Wildman–Crippen LogP) is 5.05. The van der Waals surface area contributed by atoms with Crippen LogP contribution in [0.15, 0.2) is 23.3 Å². The van der Waals surface area contributed by atoms with Crippen LogP contribution in [0, 0.1) is 50.7 Å². The van der Waals surface area contributed by atoms with Crippen molar-refractivity contribution >= 4 is 11.9 Å². The topological polar surface area (TPSA) is 115 Å². The Hall–Kier alpha value is -1.66. The number of fused-ring (bicyclic) bond motifs is 7. The summed E-state index contributed by atoms with van der Waals surface area (Å²) in [5, 5.41) is 42.6. The summed E-state index contributed by atoms with van der Waals surface area (Å²) in [6.45, 7) is 12.8. The van der Waals surface area contributed by atoms with E-state index in [1.165, 1.54) is 11.1 Å². The molecule has 4 N–H and O–H groups in total. The number of carboxylic acids is 2. The molecule has 0 bridgehead atoms. The van der Waals surface area contributed by atoms with E-state index >= 15 is 0 Å². The molecular weight excluding hydrogens is 456 g/mol. The summed E-state index contributed by atoms with van der Waals surface area (Å²) in [7, 11) is 0. The second-order valence-electron chi connectivity index (χ2n) is 14.0. The van der Waals surface area contributed by atoms with Gasteiger partial charge in [0.1, 0.15) is 0 Å². The normalized spacial score (nSPS) is 54.1. The summed E-state index contributed by atoms with van der Waals surface area (Å²) in [5.74, 6) is -1.69. The molecule has 0 heterocycles. The summed E-state index contributed by atoms with van der Waals surface area (Å²) in [5.41, 5.74) is -0.381. The number of hydrogen-bond acceptors (Lipinski definition) is 4. The van der Waals surface area contributed by atoms with Gasteiger partial charge in [-0.3, -0.25) is 9.59 Å². The molecule has 5 aliphatic carbocycles. The lowest BCUT2D eigenvalue weighted by Crippen LogP contribution is -2.69. The number of hydrogen-bond donors (Lipinski definition) is 4. The molecule has 0 radical (unpaired) electrons. The van der Waals surface area contributed by atoms with Gasteiger partial charge < -0.3 is 20.4 Å². The van der Waals surface area contributed by atoms with Crippen LogP contribution in [0.25, 0.3) is 0 Å². The summed E-state index contributed by atoms with van der Waals surface area (Å²) in [4.78, 5) is 25.3. The Morgan fingerprint density at radius 2 is 1.61 bits per heavy atom. The highest BCUT2D eigenvalue weighted by atomic mass is 16.4. The molecule has 0 aromatic carbocycles. The number of aliphatic hydroxyl groups is 2. The summed E-state index contributed by atoms with van der Waals surface area (Å²) in [6, 6.07) is 0. The van der Waals surface area contributed by atoms with E-state index in [0.29, 0.717) is 25.7 Å². The van der Waals surface area contributed by atoms with E-state index in [0.717, 1.165) is 19.3 Å². The molecule has 6 heteroatoms. The van der Waals surface area contributed by atoms with Gasteiger partial charge in [0.05, 0.1) is 23.0 Å². The number of carboxylic acid groups (broad SMARTS) is 2. The largest absolute Gasteiger partial charge is 0.481 e. The fraction of sp³-hybridized carbons (Fsp3) is 0.800. The average Bonchev–Trinajstić information content (AvgIpc) is 2.80. The van der Waals surface area contributed by atoms with Gasteiger partial charge in [-0.1, -0.05) is 51.0 Å². The minimum absolute atomic E-state index is 0.0369. The highest BCUT2D eigenvalue weighted by Crippen LogP contribution is 2.75. The Bertz CT molecular complexity index is 1060. The fourth-order valence-corrected chi connectivity index (χ4v) is 10.5. The third-order valence-corrected chi connectivity index (χ3v) is 13.0. The quantitative estimate of drug-likeness (QED) is 0.395. The fourth-order valence-electron chi connectivity index (χ4n) is 10.5. The van der Waals surface area contributed by atoms with Crippen molar-refractivity contribution in [3.63, 3.8) is 0 Å². The predicted molar refractivity (Wildman–Crippen MR) is 136 cm³/mol. The zero-order chi connectivity index (χ0) is 26.6. The van der Waals surface area contributed by atoms with Gasteiger partial charge in [0.25, 0.3) is 0 Å². The van der Waals surface area contributed by atoms with Gasteiger partial charge in [-0.2, -0.15) is 0 Å². The summed E-state index contributed by atoms with van der Waals surface area (Å²) in [6.07, 6.45) is 6.80. The van der Waals surface area contributed by atoms with Crippen LogP contribution >= 0.6 is 0 Å². The van der Waals surface area contributed by atoms with E-state index < -0.39 is 40.4 Å².